The van der Waals surface area contributed by atoms with E-state index in [-0.39, 0.29) is 48.6 Å². The van der Waals surface area contributed by atoms with Gasteiger partial charge in [0.05, 0.1) is 37.6 Å². The fourth-order valence-electron chi connectivity index (χ4n) is 4.82. The van der Waals surface area contributed by atoms with E-state index in [2.05, 4.69) is 44.1 Å². The van der Waals surface area contributed by atoms with Gasteiger partial charge in [-0.1, -0.05) is 87.2 Å². The van der Waals surface area contributed by atoms with Crippen molar-refractivity contribution >= 4 is 17.5 Å². The molecular weight excluding hydrogens is 559 g/mol. The lowest BCUT2D eigenvalue weighted by molar-refractivity contribution is -0.144. The van der Waals surface area contributed by atoms with Crippen LogP contribution in [0.25, 0.3) is 16.7 Å². The summed E-state index contributed by atoms with van der Waals surface area (Å²) in [5, 5.41) is 9.12. The van der Waals surface area contributed by atoms with Crippen molar-refractivity contribution in [3.63, 3.8) is 0 Å². The van der Waals surface area contributed by atoms with E-state index in [0.717, 1.165) is 29.5 Å². The molecule has 0 aliphatic heterocycles. The van der Waals surface area contributed by atoms with Gasteiger partial charge < -0.3 is 19.3 Å². The van der Waals surface area contributed by atoms with Gasteiger partial charge in [-0.2, -0.15) is 0 Å². The SMILES string of the molecule is C=C(CO)C(=O)OCC(CCC1C#CC(c2ccc(-c3ccc(CCCCC)cc3)c(F)c2)=CC1)COC(=O)C(=C)COC. The van der Waals surface area contributed by atoms with Gasteiger partial charge in [0.25, 0.3) is 0 Å². The van der Waals surface area contributed by atoms with Crippen molar-refractivity contribution in [1.29, 1.82) is 0 Å². The zero-order valence-corrected chi connectivity index (χ0v) is 25.8. The number of aliphatic hydroxyl groups excluding tert-OH is 1. The first-order valence-electron chi connectivity index (χ1n) is 15.2. The van der Waals surface area contributed by atoms with E-state index in [1.54, 1.807) is 6.07 Å². The third-order valence-electron chi connectivity index (χ3n) is 7.54. The molecule has 6 nitrogen and oxygen atoms in total. The van der Waals surface area contributed by atoms with Crippen LogP contribution < -0.4 is 0 Å². The Hall–Kier alpha value is -3.99. The fourth-order valence-corrected chi connectivity index (χ4v) is 4.82. The number of rotatable bonds is 18. The Balaban J connectivity index is 1.58. The molecule has 0 amide bonds. The Morgan fingerprint density at radius 3 is 2.30 bits per heavy atom. The van der Waals surface area contributed by atoms with Gasteiger partial charge in [0.1, 0.15) is 5.82 Å². The van der Waals surface area contributed by atoms with Crippen LogP contribution in [0.15, 0.2) is 72.8 Å². The number of methoxy groups -OCH3 is 1. The largest absolute Gasteiger partial charge is 0.462 e. The number of hydrogen-bond acceptors (Lipinski definition) is 6. The third-order valence-corrected chi connectivity index (χ3v) is 7.54. The molecule has 7 heteroatoms. The van der Waals surface area contributed by atoms with Gasteiger partial charge in [0.15, 0.2) is 0 Å². The molecule has 1 N–H and O–H groups in total. The van der Waals surface area contributed by atoms with E-state index in [9.17, 15) is 9.59 Å². The molecule has 3 rings (SSSR count). The number of benzene rings is 2. The molecule has 1 aliphatic carbocycles. The molecule has 234 valence electrons. The fraction of sp³-hybridized carbons (Fsp3) is 0.405. The van der Waals surface area contributed by atoms with Gasteiger partial charge in [-0.3, -0.25) is 0 Å². The molecule has 2 aromatic carbocycles. The van der Waals surface area contributed by atoms with Crippen LogP contribution in [0.2, 0.25) is 0 Å². The van der Waals surface area contributed by atoms with Crippen LogP contribution in [0.5, 0.6) is 0 Å². The second-order valence-electron chi connectivity index (χ2n) is 11.1. The highest BCUT2D eigenvalue weighted by atomic mass is 19.1. The summed E-state index contributed by atoms with van der Waals surface area (Å²) >= 11 is 0. The maximum absolute atomic E-state index is 15.2. The van der Waals surface area contributed by atoms with Gasteiger partial charge >= 0.3 is 11.9 Å². The molecule has 2 unspecified atom stereocenters. The zero-order valence-electron chi connectivity index (χ0n) is 25.8. The quantitative estimate of drug-likeness (QED) is 0.0869. The molecule has 0 fully saturated rings. The first kappa shape index (κ1) is 34.5. The average molecular weight is 603 g/mol. The number of hydrogen-bond donors (Lipinski definition) is 1. The van der Waals surface area contributed by atoms with Crippen molar-refractivity contribution < 1.29 is 33.3 Å². The summed E-state index contributed by atoms with van der Waals surface area (Å²) in [6, 6.07) is 13.4. The van der Waals surface area contributed by atoms with Crippen LogP contribution in [0.1, 0.15) is 56.6 Å². The Kier molecular flexibility index (Phi) is 14.1. The molecule has 0 aromatic heterocycles. The van der Waals surface area contributed by atoms with Crippen LogP contribution >= 0.6 is 0 Å². The maximum atomic E-state index is 15.2. The molecule has 0 bridgehead atoms. The van der Waals surface area contributed by atoms with Crippen molar-refractivity contribution in [2.45, 2.75) is 51.9 Å². The van der Waals surface area contributed by atoms with E-state index < -0.39 is 18.5 Å². The third kappa shape index (κ3) is 10.6. The Labute approximate surface area is 260 Å². The topological polar surface area (TPSA) is 82.1 Å². The molecule has 0 saturated carbocycles. The molecule has 44 heavy (non-hydrogen) atoms. The van der Waals surface area contributed by atoms with Crippen molar-refractivity contribution in [2.75, 3.05) is 33.5 Å². The summed E-state index contributed by atoms with van der Waals surface area (Å²) in [6.45, 7) is 8.89. The molecule has 0 radical (unpaired) electrons. The molecule has 0 spiro atoms. The highest BCUT2D eigenvalue weighted by molar-refractivity contribution is 5.88. The van der Waals surface area contributed by atoms with Gasteiger partial charge in [0.2, 0.25) is 0 Å². The van der Waals surface area contributed by atoms with Crippen LogP contribution in [-0.4, -0.2) is 50.6 Å². The van der Waals surface area contributed by atoms with Gasteiger partial charge in [-0.15, -0.1) is 0 Å². The number of carbonyl (C=O) groups excluding carboxylic acids is 2. The number of aryl methyl sites for hydroxylation is 1. The van der Waals surface area contributed by atoms with Crippen molar-refractivity contribution in [1.82, 2.24) is 0 Å². The lowest BCUT2D eigenvalue weighted by Gasteiger charge is -2.20. The number of esters is 2. The summed E-state index contributed by atoms with van der Waals surface area (Å²) in [5.74, 6) is 4.66. The normalized spacial score (nSPS) is 14.5. The highest BCUT2D eigenvalue weighted by Crippen LogP contribution is 2.29. The van der Waals surface area contributed by atoms with Crippen molar-refractivity contribution in [3.8, 4) is 23.0 Å². The van der Waals surface area contributed by atoms with Gasteiger partial charge in [0, 0.05) is 30.1 Å². The van der Waals surface area contributed by atoms with Crippen molar-refractivity contribution in [3.05, 3.63) is 89.8 Å². The molecule has 2 atom stereocenters. The minimum Gasteiger partial charge on any atom is -0.462 e. The summed E-state index contributed by atoms with van der Waals surface area (Å²) in [6.07, 6.45) is 8.56. The van der Waals surface area contributed by atoms with E-state index in [1.807, 2.05) is 30.3 Å². The predicted octanol–water partition coefficient (Wildman–Crippen LogP) is 6.87. The molecule has 2 aromatic rings. The number of allylic oxidation sites excluding steroid dienone is 2. The maximum Gasteiger partial charge on any atom is 0.335 e. The Morgan fingerprint density at radius 2 is 1.70 bits per heavy atom. The van der Waals surface area contributed by atoms with Gasteiger partial charge in [-0.05, 0) is 54.9 Å². The van der Waals surface area contributed by atoms with Gasteiger partial charge in [-0.25, -0.2) is 14.0 Å². The Morgan fingerprint density at radius 1 is 1.02 bits per heavy atom. The second-order valence-corrected chi connectivity index (χ2v) is 11.1. The molecule has 0 saturated heterocycles. The number of halogens is 1. The average Bonchev–Trinajstić information content (AvgIpc) is 3.04. The molecular formula is C37H43FO6. The number of unbranched alkanes of at least 4 members (excludes halogenated alkanes) is 2. The molecule has 1 aliphatic rings. The summed E-state index contributed by atoms with van der Waals surface area (Å²) in [5.41, 5.74) is 4.36. The number of carbonyl (C=O) groups is 2. The summed E-state index contributed by atoms with van der Waals surface area (Å²) in [4.78, 5) is 24.2. The standard InChI is InChI=1S/C37H43FO6/c1-5-6-7-8-28-13-17-32(18-14-28)34-20-19-33(21-35(34)38)31-15-11-29(12-16-31)9-10-30(24-43-36(40)26(2)22-39)25-44-37(41)27(3)23-42-4/h13-15,17-21,29-30,39H,2-3,5-11,22-25H2,1,4H3. The first-order valence-corrected chi connectivity index (χ1v) is 15.2. The van der Waals surface area contributed by atoms with Crippen LogP contribution in [0.4, 0.5) is 4.39 Å². The summed E-state index contributed by atoms with van der Waals surface area (Å²) < 4.78 is 30.7. The first-order chi connectivity index (χ1) is 21.2. The van der Waals surface area contributed by atoms with Crippen LogP contribution in [0.3, 0.4) is 0 Å². The number of aliphatic hydroxyl groups is 1. The highest BCUT2D eigenvalue weighted by Gasteiger charge is 2.20. The second kappa shape index (κ2) is 18.0. The summed E-state index contributed by atoms with van der Waals surface area (Å²) in [7, 11) is 1.46. The van der Waals surface area contributed by atoms with E-state index in [4.69, 9.17) is 19.3 Å². The van der Waals surface area contributed by atoms with Crippen LogP contribution in [0, 0.1) is 29.5 Å². The minimum atomic E-state index is -0.699. The lowest BCUT2D eigenvalue weighted by atomic mass is 9.89. The van der Waals surface area contributed by atoms with Crippen LogP contribution in [-0.2, 0) is 30.2 Å². The number of ether oxygens (including phenoxy) is 3. The predicted molar refractivity (Wildman–Crippen MR) is 171 cm³/mol. The lowest BCUT2D eigenvalue weighted by Crippen LogP contribution is -2.23. The molecule has 0 heterocycles. The smallest absolute Gasteiger partial charge is 0.335 e. The van der Waals surface area contributed by atoms with Crippen molar-refractivity contribution in [2.24, 2.45) is 11.8 Å². The monoisotopic (exact) mass is 602 g/mol. The Bertz CT molecular complexity index is 1400. The van der Waals surface area contributed by atoms with E-state index in [1.165, 1.54) is 25.5 Å². The van der Waals surface area contributed by atoms with E-state index >= 15 is 4.39 Å². The minimum absolute atomic E-state index is 0.00364. The zero-order chi connectivity index (χ0) is 31.9. The van der Waals surface area contributed by atoms with E-state index in [0.29, 0.717) is 24.8 Å².